The fraction of sp³-hybridized carbons (Fsp3) is 0.455. The molecule has 0 aliphatic rings. The monoisotopic (exact) mass is 325 g/mol. The molecule has 0 amide bonds. The standard InChI is InChI=1S/C22H31NO/c1-18(2)15-21(22(3,4)24)23(16-19-11-7-5-8-12-19)17-20-13-9-6-10-14-20/h5-14,18,21,24H,15-17H2,1-4H3/t21-/m0/s1. The van der Waals surface area contributed by atoms with E-state index in [0.29, 0.717) is 5.92 Å². The van der Waals surface area contributed by atoms with Gasteiger partial charge in [-0.25, -0.2) is 0 Å². The predicted octanol–water partition coefficient (Wildman–Crippen LogP) is 4.87. The van der Waals surface area contributed by atoms with E-state index >= 15 is 0 Å². The van der Waals surface area contributed by atoms with E-state index in [-0.39, 0.29) is 6.04 Å². The van der Waals surface area contributed by atoms with Crippen LogP contribution in [0.2, 0.25) is 0 Å². The van der Waals surface area contributed by atoms with E-state index in [1.807, 2.05) is 26.0 Å². The third-order valence-corrected chi connectivity index (χ3v) is 4.41. The Morgan fingerprint density at radius 3 is 1.58 bits per heavy atom. The van der Waals surface area contributed by atoms with Gasteiger partial charge >= 0.3 is 0 Å². The summed E-state index contributed by atoms with van der Waals surface area (Å²) in [5.74, 6) is 0.537. The van der Waals surface area contributed by atoms with Crippen LogP contribution in [0.3, 0.4) is 0 Å². The highest BCUT2D eigenvalue weighted by Gasteiger charge is 2.32. The van der Waals surface area contributed by atoms with Crippen LogP contribution < -0.4 is 0 Å². The number of rotatable bonds is 8. The van der Waals surface area contributed by atoms with E-state index < -0.39 is 5.60 Å². The molecule has 130 valence electrons. The molecule has 2 heteroatoms. The molecule has 1 N–H and O–H groups in total. The molecule has 0 unspecified atom stereocenters. The highest BCUT2D eigenvalue weighted by Crippen LogP contribution is 2.26. The van der Waals surface area contributed by atoms with Crippen molar-refractivity contribution in [1.82, 2.24) is 4.90 Å². The molecule has 0 fully saturated rings. The zero-order valence-electron chi connectivity index (χ0n) is 15.4. The smallest absolute Gasteiger partial charge is 0.0746 e. The summed E-state index contributed by atoms with van der Waals surface area (Å²) in [4.78, 5) is 2.42. The molecule has 2 aromatic carbocycles. The van der Waals surface area contributed by atoms with Gasteiger partial charge in [0.05, 0.1) is 5.60 Å². The van der Waals surface area contributed by atoms with E-state index in [0.717, 1.165) is 19.5 Å². The second-order valence-corrected chi connectivity index (χ2v) is 7.68. The Balaban J connectivity index is 2.28. The normalized spacial score (nSPS) is 13.5. The summed E-state index contributed by atoms with van der Waals surface area (Å²) in [5, 5.41) is 10.8. The number of nitrogens with zero attached hydrogens (tertiary/aromatic N) is 1. The van der Waals surface area contributed by atoms with E-state index in [9.17, 15) is 5.11 Å². The minimum atomic E-state index is -0.742. The first kappa shape index (κ1) is 18.7. The fourth-order valence-corrected chi connectivity index (χ4v) is 3.24. The topological polar surface area (TPSA) is 23.5 Å². The van der Waals surface area contributed by atoms with Gasteiger partial charge in [0.15, 0.2) is 0 Å². The Bertz CT molecular complexity index is 545. The van der Waals surface area contributed by atoms with Crippen molar-refractivity contribution in [3.8, 4) is 0 Å². The minimum Gasteiger partial charge on any atom is -0.389 e. The third kappa shape index (κ3) is 5.77. The largest absolute Gasteiger partial charge is 0.389 e. The van der Waals surface area contributed by atoms with Gasteiger partial charge in [0.2, 0.25) is 0 Å². The van der Waals surface area contributed by atoms with Crippen molar-refractivity contribution in [3.63, 3.8) is 0 Å². The third-order valence-electron chi connectivity index (χ3n) is 4.41. The maximum atomic E-state index is 10.8. The average Bonchev–Trinajstić information content (AvgIpc) is 2.53. The van der Waals surface area contributed by atoms with Gasteiger partial charge in [0, 0.05) is 19.1 Å². The Hall–Kier alpha value is -1.64. The number of aliphatic hydroxyl groups is 1. The lowest BCUT2D eigenvalue weighted by atomic mass is 9.88. The summed E-state index contributed by atoms with van der Waals surface area (Å²) in [7, 11) is 0. The van der Waals surface area contributed by atoms with E-state index in [2.05, 4.69) is 67.3 Å². The van der Waals surface area contributed by atoms with Crippen molar-refractivity contribution in [1.29, 1.82) is 0 Å². The summed E-state index contributed by atoms with van der Waals surface area (Å²) in [5.41, 5.74) is 1.83. The molecule has 0 saturated heterocycles. The SMILES string of the molecule is CC(C)C[C@H](N(Cc1ccccc1)Cc1ccccc1)C(C)(C)O. The molecule has 0 aromatic heterocycles. The van der Waals surface area contributed by atoms with E-state index in [1.165, 1.54) is 11.1 Å². The first-order valence-electron chi connectivity index (χ1n) is 8.90. The van der Waals surface area contributed by atoms with Crippen LogP contribution >= 0.6 is 0 Å². The molecular formula is C22H31NO. The van der Waals surface area contributed by atoms with Crippen LogP contribution in [0, 0.1) is 5.92 Å². The molecule has 0 radical (unpaired) electrons. The number of hydrogen-bond acceptors (Lipinski definition) is 2. The van der Waals surface area contributed by atoms with Crippen LogP contribution in [0.1, 0.15) is 45.2 Å². The summed E-state index contributed by atoms with van der Waals surface area (Å²) < 4.78 is 0. The lowest BCUT2D eigenvalue weighted by Crippen LogP contribution is -2.49. The van der Waals surface area contributed by atoms with Crippen LogP contribution in [-0.2, 0) is 13.1 Å². The summed E-state index contributed by atoms with van der Waals surface area (Å²) >= 11 is 0. The highest BCUT2D eigenvalue weighted by molar-refractivity contribution is 5.17. The van der Waals surface area contributed by atoms with E-state index in [4.69, 9.17) is 0 Å². The maximum absolute atomic E-state index is 10.8. The molecule has 0 aliphatic carbocycles. The van der Waals surface area contributed by atoms with Crippen molar-refractivity contribution in [3.05, 3.63) is 71.8 Å². The molecule has 24 heavy (non-hydrogen) atoms. The quantitative estimate of drug-likeness (QED) is 0.748. The van der Waals surface area contributed by atoms with Gasteiger partial charge < -0.3 is 5.11 Å². The number of benzene rings is 2. The highest BCUT2D eigenvalue weighted by atomic mass is 16.3. The van der Waals surface area contributed by atoms with Crippen LogP contribution in [0.25, 0.3) is 0 Å². The van der Waals surface area contributed by atoms with Gasteiger partial charge in [0.25, 0.3) is 0 Å². The molecule has 2 rings (SSSR count). The Morgan fingerprint density at radius 2 is 1.25 bits per heavy atom. The summed E-state index contributed by atoms with van der Waals surface area (Å²) in [6.45, 7) is 10.0. The van der Waals surface area contributed by atoms with Crippen LogP contribution in [0.15, 0.2) is 60.7 Å². The van der Waals surface area contributed by atoms with Crippen molar-refractivity contribution >= 4 is 0 Å². The molecule has 0 bridgehead atoms. The van der Waals surface area contributed by atoms with Crippen molar-refractivity contribution in [2.75, 3.05) is 0 Å². The molecule has 1 atom stereocenters. The predicted molar refractivity (Wildman–Crippen MR) is 102 cm³/mol. The lowest BCUT2D eigenvalue weighted by Gasteiger charge is -2.40. The maximum Gasteiger partial charge on any atom is 0.0746 e. The summed E-state index contributed by atoms with van der Waals surface area (Å²) in [6, 6.07) is 21.2. The first-order valence-corrected chi connectivity index (χ1v) is 8.90. The fourth-order valence-electron chi connectivity index (χ4n) is 3.24. The second-order valence-electron chi connectivity index (χ2n) is 7.68. The van der Waals surface area contributed by atoms with Gasteiger partial charge in [0.1, 0.15) is 0 Å². The zero-order valence-corrected chi connectivity index (χ0v) is 15.4. The van der Waals surface area contributed by atoms with Gasteiger partial charge in [-0.05, 0) is 37.3 Å². The van der Waals surface area contributed by atoms with Gasteiger partial charge in [-0.15, -0.1) is 0 Å². The molecule has 0 saturated carbocycles. The van der Waals surface area contributed by atoms with Crippen LogP contribution in [0.4, 0.5) is 0 Å². The average molecular weight is 325 g/mol. The Morgan fingerprint density at radius 1 is 0.833 bits per heavy atom. The minimum absolute atomic E-state index is 0.109. The number of hydrogen-bond donors (Lipinski definition) is 1. The van der Waals surface area contributed by atoms with Crippen molar-refractivity contribution in [2.24, 2.45) is 5.92 Å². The summed E-state index contributed by atoms with van der Waals surface area (Å²) in [6.07, 6.45) is 0.975. The van der Waals surface area contributed by atoms with Gasteiger partial charge in [-0.1, -0.05) is 74.5 Å². The lowest BCUT2D eigenvalue weighted by molar-refractivity contribution is -0.0355. The molecular weight excluding hydrogens is 294 g/mol. The Labute approximate surface area is 147 Å². The molecule has 0 heterocycles. The van der Waals surface area contributed by atoms with Gasteiger partial charge in [-0.2, -0.15) is 0 Å². The van der Waals surface area contributed by atoms with Crippen molar-refractivity contribution in [2.45, 2.75) is 58.8 Å². The second kappa shape index (κ2) is 8.46. The van der Waals surface area contributed by atoms with Crippen molar-refractivity contribution < 1.29 is 5.11 Å². The first-order chi connectivity index (χ1) is 11.4. The van der Waals surface area contributed by atoms with Crippen LogP contribution in [0.5, 0.6) is 0 Å². The van der Waals surface area contributed by atoms with E-state index in [1.54, 1.807) is 0 Å². The Kier molecular flexibility index (Phi) is 6.59. The molecule has 2 nitrogen and oxygen atoms in total. The zero-order chi connectivity index (χ0) is 17.6. The molecule has 0 spiro atoms. The molecule has 2 aromatic rings. The van der Waals surface area contributed by atoms with Gasteiger partial charge in [-0.3, -0.25) is 4.90 Å². The molecule has 0 aliphatic heterocycles. The van der Waals surface area contributed by atoms with Crippen LogP contribution in [-0.4, -0.2) is 21.6 Å².